The Morgan fingerprint density at radius 1 is 1.32 bits per heavy atom. The molecule has 2 aromatic rings. The van der Waals surface area contributed by atoms with Gasteiger partial charge in [-0.2, -0.15) is 5.26 Å². The van der Waals surface area contributed by atoms with Crippen LogP contribution < -0.4 is 4.74 Å². The van der Waals surface area contributed by atoms with Crippen LogP contribution in [0.4, 0.5) is 0 Å². The van der Waals surface area contributed by atoms with Gasteiger partial charge in [-0.1, -0.05) is 23.7 Å². The van der Waals surface area contributed by atoms with Gasteiger partial charge in [0.2, 0.25) is 0 Å². The van der Waals surface area contributed by atoms with Gasteiger partial charge in [0.1, 0.15) is 10.9 Å². The van der Waals surface area contributed by atoms with Gasteiger partial charge in [-0.25, -0.2) is 9.78 Å². The smallest absolute Gasteiger partial charge is 0.343 e. The molecular formula is C14H9ClN2O2. The average Bonchev–Trinajstić information content (AvgIpc) is 2.41. The number of nitriles is 1. The fraction of sp³-hybridized carbons (Fsp3) is 0.0714. The summed E-state index contributed by atoms with van der Waals surface area (Å²) in [4.78, 5) is 15.6. The second-order valence-corrected chi connectivity index (χ2v) is 4.12. The number of aromatic nitrogens is 1. The van der Waals surface area contributed by atoms with Crippen molar-refractivity contribution in [2.45, 2.75) is 6.42 Å². The van der Waals surface area contributed by atoms with Crippen molar-refractivity contribution in [2.24, 2.45) is 0 Å². The zero-order valence-corrected chi connectivity index (χ0v) is 10.6. The number of halogens is 1. The maximum Gasteiger partial charge on any atom is 0.343 e. The molecule has 1 aromatic carbocycles. The number of ether oxygens (including phenoxy) is 1. The highest BCUT2D eigenvalue weighted by Crippen LogP contribution is 2.15. The SMILES string of the molecule is N#CCc1ccc(OC(=O)c2ccnc(Cl)c2)cc1. The molecule has 0 N–H and O–H groups in total. The van der Waals surface area contributed by atoms with E-state index in [4.69, 9.17) is 21.6 Å². The van der Waals surface area contributed by atoms with E-state index in [1.807, 2.05) is 6.07 Å². The molecule has 1 aromatic heterocycles. The highest BCUT2D eigenvalue weighted by molar-refractivity contribution is 6.29. The zero-order chi connectivity index (χ0) is 13.7. The Morgan fingerprint density at radius 2 is 2.05 bits per heavy atom. The van der Waals surface area contributed by atoms with Crippen LogP contribution >= 0.6 is 11.6 Å². The van der Waals surface area contributed by atoms with Crippen molar-refractivity contribution in [3.63, 3.8) is 0 Å². The quantitative estimate of drug-likeness (QED) is 0.489. The summed E-state index contributed by atoms with van der Waals surface area (Å²) in [5, 5.41) is 8.79. The molecule has 19 heavy (non-hydrogen) atoms. The minimum Gasteiger partial charge on any atom is -0.423 e. The van der Waals surface area contributed by atoms with Gasteiger partial charge in [0.15, 0.2) is 0 Å². The normalized spacial score (nSPS) is 9.68. The van der Waals surface area contributed by atoms with Crippen molar-refractivity contribution in [3.8, 4) is 11.8 Å². The molecule has 0 aliphatic heterocycles. The summed E-state index contributed by atoms with van der Waals surface area (Å²) in [6.45, 7) is 0. The molecule has 2 rings (SSSR count). The van der Waals surface area contributed by atoms with Crippen LogP contribution in [-0.2, 0) is 6.42 Å². The molecule has 5 heteroatoms. The molecule has 0 unspecified atom stereocenters. The van der Waals surface area contributed by atoms with Gasteiger partial charge < -0.3 is 4.74 Å². The molecule has 0 saturated heterocycles. The van der Waals surface area contributed by atoms with Crippen LogP contribution in [0.3, 0.4) is 0 Å². The lowest BCUT2D eigenvalue weighted by molar-refractivity contribution is 0.0734. The first-order valence-electron chi connectivity index (χ1n) is 5.48. The van der Waals surface area contributed by atoms with Gasteiger partial charge in [0.05, 0.1) is 18.1 Å². The van der Waals surface area contributed by atoms with Crippen LogP contribution in [0.25, 0.3) is 0 Å². The van der Waals surface area contributed by atoms with Crippen molar-refractivity contribution in [1.29, 1.82) is 5.26 Å². The van der Waals surface area contributed by atoms with E-state index >= 15 is 0 Å². The number of esters is 1. The molecule has 0 aliphatic rings. The van der Waals surface area contributed by atoms with Crippen molar-refractivity contribution < 1.29 is 9.53 Å². The number of benzene rings is 1. The first kappa shape index (κ1) is 13.1. The summed E-state index contributed by atoms with van der Waals surface area (Å²) in [5.41, 5.74) is 1.20. The fourth-order valence-electron chi connectivity index (χ4n) is 1.46. The predicted molar refractivity (Wildman–Crippen MR) is 70.0 cm³/mol. The van der Waals surface area contributed by atoms with Crippen molar-refractivity contribution in [1.82, 2.24) is 4.98 Å². The molecular weight excluding hydrogens is 264 g/mol. The monoisotopic (exact) mass is 272 g/mol. The number of pyridine rings is 1. The van der Waals surface area contributed by atoms with Gasteiger partial charge in [0.25, 0.3) is 0 Å². The van der Waals surface area contributed by atoms with Gasteiger partial charge >= 0.3 is 5.97 Å². The van der Waals surface area contributed by atoms with Crippen LogP contribution in [0.1, 0.15) is 15.9 Å². The lowest BCUT2D eigenvalue weighted by atomic mass is 10.2. The number of hydrogen-bond acceptors (Lipinski definition) is 4. The molecule has 0 saturated carbocycles. The zero-order valence-electron chi connectivity index (χ0n) is 9.84. The van der Waals surface area contributed by atoms with E-state index in [9.17, 15) is 4.79 Å². The molecule has 1 heterocycles. The van der Waals surface area contributed by atoms with E-state index in [0.717, 1.165) is 5.56 Å². The number of hydrogen-bond donors (Lipinski definition) is 0. The molecule has 0 fully saturated rings. The lowest BCUT2D eigenvalue weighted by Crippen LogP contribution is -2.08. The Morgan fingerprint density at radius 3 is 2.68 bits per heavy atom. The van der Waals surface area contributed by atoms with Crippen LogP contribution in [0.5, 0.6) is 5.75 Å². The standard InChI is InChI=1S/C14H9ClN2O2/c15-13-9-11(6-8-17-13)14(18)19-12-3-1-10(2-4-12)5-7-16/h1-4,6,8-9H,5H2. The molecule has 0 bridgehead atoms. The van der Waals surface area contributed by atoms with Crippen LogP contribution in [-0.4, -0.2) is 11.0 Å². The minimum absolute atomic E-state index is 0.235. The Hall–Kier alpha value is -2.38. The van der Waals surface area contributed by atoms with Gasteiger partial charge in [0, 0.05) is 6.20 Å². The van der Waals surface area contributed by atoms with Crippen LogP contribution in [0.15, 0.2) is 42.6 Å². The highest BCUT2D eigenvalue weighted by Gasteiger charge is 2.09. The molecule has 0 amide bonds. The topological polar surface area (TPSA) is 63.0 Å². The summed E-state index contributed by atoms with van der Waals surface area (Å²) in [6.07, 6.45) is 1.77. The largest absolute Gasteiger partial charge is 0.423 e. The number of nitrogens with zero attached hydrogens (tertiary/aromatic N) is 2. The number of rotatable bonds is 3. The van der Waals surface area contributed by atoms with E-state index in [2.05, 4.69) is 4.98 Å². The van der Waals surface area contributed by atoms with E-state index in [1.54, 1.807) is 24.3 Å². The average molecular weight is 273 g/mol. The Balaban J connectivity index is 2.09. The van der Waals surface area contributed by atoms with Crippen molar-refractivity contribution >= 4 is 17.6 Å². The summed E-state index contributed by atoms with van der Waals surface area (Å²) < 4.78 is 5.18. The highest BCUT2D eigenvalue weighted by atomic mass is 35.5. The summed E-state index contributed by atoms with van der Waals surface area (Å²) in [6, 6.07) is 11.8. The first-order chi connectivity index (χ1) is 9.19. The minimum atomic E-state index is -0.502. The second kappa shape index (κ2) is 5.98. The Kier molecular flexibility index (Phi) is 4.11. The fourth-order valence-corrected chi connectivity index (χ4v) is 1.64. The van der Waals surface area contributed by atoms with E-state index < -0.39 is 5.97 Å². The Labute approximate surface area is 115 Å². The lowest BCUT2D eigenvalue weighted by Gasteiger charge is -2.04. The van der Waals surface area contributed by atoms with E-state index in [-0.39, 0.29) is 5.15 Å². The van der Waals surface area contributed by atoms with Crippen LogP contribution in [0, 0.1) is 11.3 Å². The Bertz CT molecular complexity index is 633. The van der Waals surface area contributed by atoms with E-state index in [0.29, 0.717) is 17.7 Å². The molecule has 0 spiro atoms. The van der Waals surface area contributed by atoms with Crippen LogP contribution in [0.2, 0.25) is 5.15 Å². The first-order valence-corrected chi connectivity index (χ1v) is 5.86. The van der Waals surface area contributed by atoms with E-state index in [1.165, 1.54) is 18.3 Å². The predicted octanol–water partition coefficient (Wildman–Crippen LogP) is 3.02. The maximum atomic E-state index is 11.8. The maximum absolute atomic E-state index is 11.8. The summed E-state index contributed by atoms with van der Waals surface area (Å²) >= 11 is 5.70. The van der Waals surface area contributed by atoms with Gasteiger partial charge in [-0.15, -0.1) is 0 Å². The molecule has 0 radical (unpaired) electrons. The third-order valence-electron chi connectivity index (χ3n) is 2.38. The molecule has 4 nitrogen and oxygen atoms in total. The van der Waals surface area contributed by atoms with Gasteiger partial charge in [-0.05, 0) is 29.8 Å². The molecule has 94 valence electrons. The number of carbonyl (C=O) groups excluding carboxylic acids is 1. The van der Waals surface area contributed by atoms with Crippen molar-refractivity contribution in [2.75, 3.05) is 0 Å². The summed E-state index contributed by atoms with van der Waals surface area (Å²) in [5.74, 6) is -0.0862. The third kappa shape index (κ3) is 3.54. The molecule has 0 atom stereocenters. The second-order valence-electron chi connectivity index (χ2n) is 3.74. The number of carbonyl (C=O) groups is 1. The van der Waals surface area contributed by atoms with Crippen molar-refractivity contribution in [3.05, 3.63) is 58.9 Å². The summed E-state index contributed by atoms with van der Waals surface area (Å²) in [7, 11) is 0. The molecule has 0 aliphatic carbocycles. The van der Waals surface area contributed by atoms with Gasteiger partial charge in [-0.3, -0.25) is 0 Å². The third-order valence-corrected chi connectivity index (χ3v) is 2.59.